The molecule has 0 bridgehead atoms. The van der Waals surface area contributed by atoms with Crippen LogP contribution in [0.5, 0.6) is 0 Å². The second-order valence-electron chi connectivity index (χ2n) is 4.30. The topological polar surface area (TPSA) is 61.2 Å². The lowest BCUT2D eigenvalue weighted by molar-refractivity contribution is 0.400. The van der Waals surface area contributed by atoms with E-state index in [9.17, 15) is 8.42 Å². The fourth-order valence-corrected chi connectivity index (χ4v) is 3.31. The number of nitrogens with zero attached hydrogens (tertiary/aromatic N) is 2. The van der Waals surface area contributed by atoms with Crippen molar-refractivity contribution in [2.45, 2.75) is 25.7 Å². The van der Waals surface area contributed by atoms with E-state index >= 15 is 0 Å². The molecule has 1 rings (SSSR count). The number of sulfonamides is 1. The Hall–Kier alpha value is -1.38. The zero-order valence-electron chi connectivity index (χ0n) is 10.9. The molecule has 0 aliphatic heterocycles. The molecule has 98 valence electrons. The maximum Gasteiger partial charge on any atom is 0.243 e. The molecule has 0 aliphatic rings. The van der Waals surface area contributed by atoms with Crippen LogP contribution >= 0.6 is 0 Å². The van der Waals surface area contributed by atoms with Gasteiger partial charge < -0.3 is 0 Å². The summed E-state index contributed by atoms with van der Waals surface area (Å²) in [6.45, 7) is 5.94. The summed E-state index contributed by atoms with van der Waals surface area (Å²) in [6.07, 6.45) is 0. The Labute approximate surface area is 109 Å². The molecule has 4 nitrogen and oxygen atoms in total. The third kappa shape index (κ3) is 3.31. The molecule has 0 aromatic heterocycles. The van der Waals surface area contributed by atoms with Crippen molar-refractivity contribution < 1.29 is 8.42 Å². The van der Waals surface area contributed by atoms with Gasteiger partial charge in [0.15, 0.2) is 0 Å². The highest BCUT2D eigenvalue weighted by atomic mass is 32.2. The fourth-order valence-electron chi connectivity index (χ4n) is 1.67. The van der Waals surface area contributed by atoms with Crippen LogP contribution in [0.2, 0.25) is 0 Å². The van der Waals surface area contributed by atoms with E-state index < -0.39 is 10.0 Å². The number of aryl methyl sites for hydroxylation is 1. The van der Waals surface area contributed by atoms with Crippen molar-refractivity contribution in [1.82, 2.24) is 4.31 Å². The standard InChI is InChI=1S/C13H18N2O2S/c1-4-15(10-12(3)9-14)18(16,17)13-7-5-6-11(2)8-13/h5-8,12H,4,10H2,1-3H3. The Morgan fingerprint density at radius 2 is 2.11 bits per heavy atom. The van der Waals surface area contributed by atoms with E-state index in [1.54, 1.807) is 32.0 Å². The second-order valence-corrected chi connectivity index (χ2v) is 6.24. The van der Waals surface area contributed by atoms with E-state index in [0.717, 1.165) is 5.56 Å². The summed E-state index contributed by atoms with van der Waals surface area (Å²) in [7, 11) is -3.50. The first-order valence-corrected chi connectivity index (χ1v) is 7.32. The zero-order chi connectivity index (χ0) is 13.8. The van der Waals surface area contributed by atoms with Crippen molar-refractivity contribution >= 4 is 10.0 Å². The van der Waals surface area contributed by atoms with Crippen LogP contribution in [-0.2, 0) is 10.0 Å². The number of nitriles is 1. The van der Waals surface area contributed by atoms with Gasteiger partial charge in [-0.05, 0) is 31.5 Å². The third-order valence-electron chi connectivity index (χ3n) is 2.68. The van der Waals surface area contributed by atoms with Crippen LogP contribution < -0.4 is 0 Å². The molecule has 0 amide bonds. The highest BCUT2D eigenvalue weighted by molar-refractivity contribution is 7.89. The molecule has 0 saturated heterocycles. The molecule has 0 fully saturated rings. The van der Waals surface area contributed by atoms with E-state index in [1.165, 1.54) is 4.31 Å². The van der Waals surface area contributed by atoms with Crippen LogP contribution in [0, 0.1) is 24.2 Å². The van der Waals surface area contributed by atoms with Crippen LogP contribution in [0.4, 0.5) is 0 Å². The average molecular weight is 266 g/mol. The predicted octanol–water partition coefficient (Wildman–Crippen LogP) is 2.17. The summed E-state index contributed by atoms with van der Waals surface area (Å²) in [5.74, 6) is -0.315. The van der Waals surface area contributed by atoms with Gasteiger partial charge in [0.05, 0.1) is 16.9 Å². The Bertz CT molecular complexity index is 546. The van der Waals surface area contributed by atoms with Gasteiger partial charge in [0, 0.05) is 13.1 Å². The van der Waals surface area contributed by atoms with Gasteiger partial charge in [-0.25, -0.2) is 8.42 Å². The minimum absolute atomic E-state index is 0.225. The molecular formula is C13H18N2O2S. The van der Waals surface area contributed by atoms with Gasteiger partial charge in [-0.1, -0.05) is 19.1 Å². The Morgan fingerprint density at radius 3 is 2.61 bits per heavy atom. The molecule has 1 aromatic rings. The van der Waals surface area contributed by atoms with Gasteiger partial charge >= 0.3 is 0 Å². The highest BCUT2D eigenvalue weighted by Gasteiger charge is 2.24. The van der Waals surface area contributed by atoms with Crippen molar-refractivity contribution in [2.75, 3.05) is 13.1 Å². The van der Waals surface area contributed by atoms with Crippen LogP contribution in [0.15, 0.2) is 29.2 Å². The van der Waals surface area contributed by atoms with E-state index in [1.807, 2.05) is 13.0 Å². The average Bonchev–Trinajstić information content (AvgIpc) is 2.35. The van der Waals surface area contributed by atoms with Crippen molar-refractivity contribution in [1.29, 1.82) is 5.26 Å². The first kappa shape index (κ1) is 14.7. The minimum atomic E-state index is -3.50. The molecular weight excluding hydrogens is 248 g/mol. The predicted molar refractivity (Wildman–Crippen MR) is 70.4 cm³/mol. The summed E-state index contributed by atoms with van der Waals surface area (Å²) in [5.41, 5.74) is 0.903. The molecule has 0 radical (unpaired) electrons. The van der Waals surface area contributed by atoms with Crippen LogP contribution in [0.1, 0.15) is 19.4 Å². The summed E-state index contributed by atoms with van der Waals surface area (Å²) in [4.78, 5) is 0.287. The molecule has 1 unspecified atom stereocenters. The van der Waals surface area contributed by atoms with E-state index in [4.69, 9.17) is 5.26 Å². The molecule has 0 N–H and O–H groups in total. The van der Waals surface area contributed by atoms with Gasteiger partial charge in [0.2, 0.25) is 10.0 Å². The number of hydrogen-bond donors (Lipinski definition) is 0. The van der Waals surface area contributed by atoms with E-state index in [-0.39, 0.29) is 17.4 Å². The zero-order valence-corrected chi connectivity index (χ0v) is 11.7. The Morgan fingerprint density at radius 1 is 1.44 bits per heavy atom. The molecule has 5 heteroatoms. The first-order valence-electron chi connectivity index (χ1n) is 5.88. The fraction of sp³-hybridized carbons (Fsp3) is 0.462. The molecule has 1 atom stereocenters. The second kappa shape index (κ2) is 5.98. The molecule has 18 heavy (non-hydrogen) atoms. The van der Waals surface area contributed by atoms with E-state index in [2.05, 4.69) is 6.07 Å². The summed E-state index contributed by atoms with van der Waals surface area (Å²) in [5, 5.41) is 8.79. The quantitative estimate of drug-likeness (QED) is 0.820. The lowest BCUT2D eigenvalue weighted by atomic mass is 10.2. The third-order valence-corrected chi connectivity index (χ3v) is 4.61. The smallest absolute Gasteiger partial charge is 0.207 e. The van der Waals surface area contributed by atoms with Crippen LogP contribution in [0.25, 0.3) is 0 Å². The molecule has 0 spiro atoms. The van der Waals surface area contributed by atoms with Crippen molar-refractivity contribution in [2.24, 2.45) is 5.92 Å². The monoisotopic (exact) mass is 266 g/mol. The maximum atomic E-state index is 12.4. The maximum absolute atomic E-state index is 12.4. The molecule has 1 aromatic carbocycles. The number of hydrogen-bond acceptors (Lipinski definition) is 3. The van der Waals surface area contributed by atoms with Crippen molar-refractivity contribution in [3.63, 3.8) is 0 Å². The van der Waals surface area contributed by atoms with E-state index in [0.29, 0.717) is 6.54 Å². The van der Waals surface area contributed by atoms with Crippen molar-refractivity contribution in [3.05, 3.63) is 29.8 Å². The molecule has 0 saturated carbocycles. The highest BCUT2D eigenvalue weighted by Crippen LogP contribution is 2.17. The van der Waals surface area contributed by atoms with Crippen LogP contribution in [0.3, 0.4) is 0 Å². The number of rotatable bonds is 5. The SMILES string of the molecule is CCN(CC(C)C#N)S(=O)(=O)c1cccc(C)c1. The largest absolute Gasteiger partial charge is 0.243 e. The summed E-state index contributed by atoms with van der Waals surface area (Å²) in [6, 6.07) is 8.87. The van der Waals surface area contributed by atoms with Crippen molar-refractivity contribution in [3.8, 4) is 6.07 Å². The van der Waals surface area contributed by atoms with Gasteiger partial charge in [-0.3, -0.25) is 0 Å². The Balaban J connectivity index is 3.08. The van der Waals surface area contributed by atoms with Crippen LogP contribution in [-0.4, -0.2) is 25.8 Å². The Kier molecular flexibility index (Phi) is 4.88. The van der Waals surface area contributed by atoms with Gasteiger partial charge in [-0.15, -0.1) is 0 Å². The molecule has 0 heterocycles. The number of benzene rings is 1. The van der Waals surface area contributed by atoms with Gasteiger partial charge in [0.1, 0.15) is 0 Å². The van der Waals surface area contributed by atoms with Gasteiger partial charge in [0.25, 0.3) is 0 Å². The minimum Gasteiger partial charge on any atom is -0.207 e. The molecule has 0 aliphatic carbocycles. The lowest BCUT2D eigenvalue weighted by Gasteiger charge is -2.21. The summed E-state index contributed by atoms with van der Waals surface area (Å²) >= 11 is 0. The first-order chi connectivity index (χ1) is 8.41. The lowest BCUT2D eigenvalue weighted by Crippen LogP contribution is -2.34. The normalized spacial score (nSPS) is 13.3. The van der Waals surface area contributed by atoms with Gasteiger partial charge in [-0.2, -0.15) is 9.57 Å². The summed E-state index contributed by atoms with van der Waals surface area (Å²) < 4.78 is 26.1.